The van der Waals surface area contributed by atoms with Crippen LogP contribution >= 0.6 is 0 Å². The van der Waals surface area contributed by atoms with Gasteiger partial charge in [-0.15, -0.1) is 0 Å². The van der Waals surface area contributed by atoms with Gasteiger partial charge in [-0.2, -0.15) is 0 Å². The minimum absolute atomic E-state index is 0.314. The van der Waals surface area contributed by atoms with Gasteiger partial charge in [0.2, 0.25) is 0 Å². The van der Waals surface area contributed by atoms with E-state index in [-0.39, 0.29) is 20.5 Å². The van der Waals surface area contributed by atoms with E-state index in [0.717, 1.165) is 32.2 Å². The number of esters is 1. The summed E-state index contributed by atoms with van der Waals surface area (Å²) in [5, 5.41) is 9.72. The molecule has 2 aromatic carbocycles. The molecule has 5 nitrogen and oxygen atoms in total. The van der Waals surface area contributed by atoms with Crippen LogP contribution in [0.5, 0.6) is 0 Å². The van der Waals surface area contributed by atoms with Gasteiger partial charge < -0.3 is 0 Å². The first-order valence-corrected chi connectivity index (χ1v) is 10.3. The Hall–Kier alpha value is -2.95. The molecule has 2 aromatic heterocycles. The van der Waals surface area contributed by atoms with E-state index in [1.165, 1.54) is 0 Å². The Balaban J connectivity index is 2.05. The number of benzene rings is 2. The quantitative estimate of drug-likeness (QED) is 0.400. The monoisotopic (exact) mass is 423 g/mol. The normalized spacial score (nSPS) is 10.9. The average Bonchev–Trinajstić information content (AvgIpc) is 3.06. The van der Waals surface area contributed by atoms with Crippen molar-refractivity contribution in [2.24, 2.45) is 0 Å². The van der Waals surface area contributed by atoms with E-state index in [2.05, 4.69) is 10.2 Å². The first-order valence-electron chi connectivity index (χ1n) is 8.57. The molecule has 6 heteroatoms. The Morgan fingerprint density at radius 1 is 1.00 bits per heavy atom. The zero-order valence-electron chi connectivity index (χ0n) is 14.7. The first kappa shape index (κ1) is 17.5. The van der Waals surface area contributed by atoms with Crippen LogP contribution in [0.15, 0.2) is 60.7 Å². The third-order valence-electron chi connectivity index (χ3n) is 4.22. The van der Waals surface area contributed by atoms with Crippen LogP contribution in [0.4, 0.5) is 5.69 Å². The molecule has 0 aliphatic heterocycles. The zero-order chi connectivity index (χ0) is 18.8. The van der Waals surface area contributed by atoms with Crippen LogP contribution in [0.2, 0.25) is 0 Å². The second-order valence-corrected chi connectivity index (χ2v) is 8.00. The molecule has 27 heavy (non-hydrogen) atoms. The molecule has 0 aliphatic rings. The predicted octanol–water partition coefficient (Wildman–Crippen LogP) is 3.78. The summed E-state index contributed by atoms with van der Waals surface area (Å²) in [6.45, 7) is 2.10. The van der Waals surface area contributed by atoms with E-state index in [9.17, 15) is 4.79 Å². The SMILES string of the molecule is CCOC(=O)c1[se]c2nnc(-c3ccccc3)c(-c3ccccc3)c2c1N. The van der Waals surface area contributed by atoms with Crippen molar-refractivity contribution in [1.82, 2.24) is 10.2 Å². The molecule has 134 valence electrons. The Labute approximate surface area is 162 Å². The van der Waals surface area contributed by atoms with Crippen molar-refractivity contribution in [3.8, 4) is 22.4 Å². The van der Waals surface area contributed by atoms with E-state index in [4.69, 9.17) is 10.5 Å². The predicted molar refractivity (Wildman–Crippen MR) is 108 cm³/mol. The number of carbonyl (C=O) groups is 1. The van der Waals surface area contributed by atoms with Gasteiger partial charge in [-0.25, -0.2) is 0 Å². The molecular weight excluding hydrogens is 405 g/mol. The molecular formula is C21H17N3O2Se. The van der Waals surface area contributed by atoms with Gasteiger partial charge in [-0.1, -0.05) is 0 Å². The standard InChI is InChI=1S/C21H17N3O2Se/c1-2-26-21(25)19-17(22)16-15(13-9-5-3-6-10-13)18(23-24-20(16)27-19)14-11-7-4-8-12-14/h3-12H,2,22H2,1H3. The minimum atomic E-state index is -0.367. The van der Waals surface area contributed by atoms with E-state index < -0.39 is 0 Å². The van der Waals surface area contributed by atoms with Gasteiger partial charge >= 0.3 is 162 Å². The van der Waals surface area contributed by atoms with Crippen LogP contribution in [-0.2, 0) is 4.74 Å². The summed E-state index contributed by atoms with van der Waals surface area (Å²) in [6, 6.07) is 19.8. The number of hydrogen-bond donors (Lipinski definition) is 1. The average molecular weight is 422 g/mol. The molecule has 0 saturated carbocycles. The molecule has 0 spiro atoms. The topological polar surface area (TPSA) is 78.1 Å². The van der Waals surface area contributed by atoms with Gasteiger partial charge in [0.1, 0.15) is 0 Å². The van der Waals surface area contributed by atoms with E-state index in [0.29, 0.717) is 16.7 Å². The fraction of sp³-hybridized carbons (Fsp3) is 0.0952. The molecule has 2 heterocycles. The van der Waals surface area contributed by atoms with Crippen molar-refractivity contribution in [3.05, 3.63) is 65.1 Å². The summed E-state index contributed by atoms with van der Waals surface area (Å²) < 4.78 is 6.45. The molecule has 0 amide bonds. The summed E-state index contributed by atoms with van der Waals surface area (Å²) in [5.74, 6) is -0.367. The molecule has 0 fully saturated rings. The molecule has 0 unspecified atom stereocenters. The number of hydrogen-bond acceptors (Lipinski definition) is 5. The third-order valence-corrected chi connectivity index (χ3v) is 6.47. The van der Waals surface area contributed by atoms with Gasteiger partial charge in [-0.05, 0) is 0 Å². The van der Waals surface area contributed by atoms with Gasteiger partial charge in [0.05, 0.1) is 0 Å². The van der Waals surface area contributed by atoms with Crippen LogP contribution < -0.4 is 5.73 Å². The van der Waals surface area contributed by atoms with Crippen molar-refractivity contribution in [2.45, 2.75) is 6.92 Å². The van der Waals surface area contributed by atoms with Crippen molar-refractivity contribution in [2.75, 3.05) is 12.3 Å². The van der Waals surface area contributed by atoms with E-state index in [1.54, 1.807) is 6.92 Å². The van der Waals surface area contributed by atoms with Crippen molar-refractivity contribution < 1.29 is 9.53 Å². The second kappa shape index (κ2) is 7.35. The number of nitrogens with zero attached hydrogens (tertiary/aromatic N) is 2. The van der Waals surface area contributed by atoms with E-state index >= 15 is 0 Å². The first-order chi connectivity index (χ1) is 13.2. The number of fused-ring (bicyclic) bond motifs is 1. The number of nitrogens with two attached hydrogens (primary N) is 1. The Morgan fingerprint density at radius 3 is 2.26 bits per heavy atom. The summed E-state index contributed by atoms with van der Waals surface area (Å²) in [6.07, 6.45) is 0. The number of anilines is 1. The molecule has 2 N–H and O–H groups in total. The number of rotatable bonds is 4. The van der Waals surface area contributed by atoms with Gasteiger partial charge in [0, 0.05) is 0 Å². The van der Waals surface area contributed by atoms with Crippen LogP contribution in [0.3, 0.4) is 0 Å². The van der Waals surface area contributed by atoms with Crippen molar-refractivity contribution >= 4 is 35.9 Å². The third kappa shape index (κ3) is 3.14. The Bertz CT molecular complexity index is 1110. The fourth-order valence-electron chi connectivity index (χ4n) is 3.04. The van der Waals surface area contributed by atoms with Crippen LogP contribution in [-0.4, -0.2) is 37.3 Å². The number of carbonyl (C=O) groups excluding carboxylic acids is 1. The summed E-state index contributed by atoms with van der Waals surface area (Å²) in [5.41, 5.74) is 10.5. The van der Waals surface area contributed by atoms with Crippen molar-refractivity contribution in [3.63, 3.8) is 0 Å². The molecule has 0 aliphatic carbocycles. The van der Waals surface area contributed by atoms with E-state index in [1.807, 2.05) is 60.7 Å². The zero-order valence-corrected chi connectivity index (χ0v) is 16.4. The van der Waals surface area contributed by atoms with Crippen LogP contribution in [0.25, 0.3) is 32.2 Å². The fourth-order valence-corrected chi connectivity index (χ4v) is 5.02. The summed E-state index contributed by atoms with van der Waals surface area (Å²) >= 11 is -0.322. The number of aromatic nitrogens is 2. The molecule has 4 rings (SSSR count). The van der Waals surface area contributed by atoms with Gasteiger partial charge in [-0.3, -0.25) is 0 Å². The van der Waals surface area contributed by atoms with Crippen LogP contribution in [0, 0.1) is 0 Å². The Morgan fingerprint density at radius 2 is 1.63 bits per heavy atom. The second-order valence-electron chi connectivity index (χ2n) is 5.90. The Kier molecular flexibility index (Phi) is 4.75. The van der Waals surface area contributed by atoms with Crippen LogP contribution in [0.1, 0.15) is 16.2 Å². The molecule has 0 atom stereocenters. The summed E-state index contributed by atoms with van der Waals surface area (Å²) in [7, 11) is 0. The maximum absolute atomic E-state index is 12.3. The number of nitrogen functional groups attached to an aromatic ring is 1. The molecule has 4 aromatic rings. The van der Waals surface area contributed by atoms with Gasteiger partial charge in [0.25, 0.3) is 0 Å². The molecule has 0 bridgehead atoms. The van der Waals surface area contributed by atoms with Crippen molar-refractivity contribution in [1.29, 1.82) is 0 Å². The summed E-state index contributed by atoms with van der Waals surface area (Å²) in [4.78, 5) is 12.3. The molecule has 0 saturated heterocycles. The van der Waals surface area contributed by atoms with Gasteiger partial charge in [0.15, 0.2) is 0 Å². The maximum atomic E-state index is 12.3. The molecule has 0 radical (unpaired) electrons. The number of ether oxygens (including phenoxy) is 1.